The highest BCUT2D eigenvalue weighted by Gasteiger charge is 2.49. The van der Waals surface area contributed by atoms with Gasteiger partial charge in [0.25, 0.3) is 0 Å². The molecule has 0 amide bonds. The van der Waals surface area contributed by atoms with Crippen LogP contribution in [0, 0.1) is 5.82 Å². The van der Waals surface area contributed by atoms with Crippen LogP contribution >= 0.6 is 0 Å². The zero-order valence-electron chi connectivity index (χ0n) is 24.4. The molecule has 10 nitrogen and oxygen atoms in total. The Kier molecular flexibility index (Phi) is 9.87. The number of aromatic nitrogens is 3. The van der Waals surface area contributed by atoms with Gasteiger partial charge in [-0.15, -0.1) is 0 Å². The molecule has 7 rings (SSSR count). The van der Waals surface area contributed by atoms with Crippen LogP contribution in [0.25, 0.3) is 11.0 Å². The van der Waals surface area contributed by atoms with Crippen LogP contribution in [0.4, 0.5) is 10.2 Å². The smallest absolute Gasteiger partial charge is 0.213 e. The number of pyridine rings is 3. The van der Waals surface area contributed by atoms with Crippen molar-refractivity contribution in [3.8, 4) is 11.6 Å². The molecule has 6 heterocycles. The summed E-state index contributed by atoms with van der Waals surface area (Å²) in [7, 11) is -1.27. The Labute approximate surface area is 248 Å². The second-order valence-corrected chi connectivity index (χ2v) is 12.0. The molecule has 3 fully saturated rings. The molecule has 0 radical (unpaired) electrons. The minimum absolute atomic E-state index is 0.113. The number of hydrogen-bond donors (Lipinski definition) is 3. The van der Waals surface area contributed by atoms with Gasteiger partial charge in [-0.1, -0.05) is 13.8 Å². The number of anilines is 1. The van der Waals surface area contributed by atoms with E-state index in [0.717, 1.165) is 50.6 Å². The van der Waals surface area contributed by atoms with Gasteiger partial charge in [0.1, 0.15) is 5.82 Å². The maximum absolute atomic E-state index is 15.0. The quantitative estimate of drug-likeness (QED) is 0.271. The Hall–Kier alpha value is -2.93. The fourth-order valence-electron chi connectivity index (χ4n) is 5.79. The van der Waals surface area contributed by atoms with Gasteiger partial charge < -0.3 is 25.3 Å². The van der Waals surface area contributed by atoms with E-state index in [1.807, 2.05) is 32.0 Å². The lowest BCUT2D eigenvalue weighted by atomic mass is 9.69. The highest BCUT2D eigenvalue weighted by Crippen LogP contribution is 2.46. The number of rotatable bonds is 11. The van der Waals surface area contributed by atoms with Crippen LogP contribution in [-0.2, 0) is 28.7 Å². The lowest BCUT2D eigenvalue weighted by Gasteiger charge is -2.53. The van der Waals surface area contributed by atoms with E-state index in [9.17, 15) is 4.21 Å². The van der Waals surface area contributed by atoms with E-state index >= 15 is 4.39 Å². The zero-order chi connectivity index (χ0) is 29.6. The summed E-state index contributed by atoms with van der Waals surface area (Å²) in [4.78, 5) is 13.4. The summed E-state index contributed by atoms with van der Waals surface area (Å²) in [6.45, 7) is 6.32. The number of nitrogens with two attached hydrogens (primary N) is 1. The number of ether oxygens (including phenoxy) is 3. The molecule has 0 spiro atoms. The lowest BCUT2D eigenvalue weighted by molar-refractivity contribution is -0.165. The first-order valence-corrected chi connectivity index (χ1v) is 16.2. The number of nitrogens with one attached hydrogen (secondary N) is 2. The minimum atomic E-state index is -1.27. The molecule has 2 bridgehead atoms. The van der Waals surface area contributed by atoms with Gasteiger partial charge >= 0.3 is 0 Å². The van der Waals surface area contributed by atoms with E-state index in [1.54, 1.807) is 6.07 Å². The summed E-state index contributed by atoms with van der Waals surface area (Å²) in [6, 6.07) is 7.39. The molecule has 1 unspecified atom stereocenters. The first kappa shape index (κ1) is 30.5. The van der Waals surface area contributed by atoms with Crippen molar-refractivity contribution in [2.45, 2.75) is 82.9 Å². The maximum Gasteiger partial charge on any atom is 0.213 e. The molecule has 42 heavy (non-hydrogen) atoms. The van der Waals surface area contributed by atoms with Crippen molar-refractivity contribution >= 4 is 27.8 Å². The first-order valence-electron chi connectivity index (χ1n) is 14.9. The molecule has 1 aliphatic carbocycles. The Morgan fingerprint density at radius 1 is 1.14 bits per heavy atom. The zero-order valence-corrected chi connectivity index (χ0v) is 25.2. The average Bonchev–Trinajstić information content (AvgIpc) is 3.03. The van der Waals surface area contributed by atoms with Crippen LogP contribution in [0.2, 0.25) is 0 Å². The molecule has 228 valence electrons. The van der Waals surface area contributed by atoms with E-state index in [1.165, 1.54) is 6.20 Å². The Morgan fingerprint density at radius 3 is 2.74 bits per heavy atom. The van der Waals surface area contributed by atoms with Gasteiger partial charge in [0.2, 0.25) is 5.88 Å². The predicted octanol–water partition coefficient (Wildman–Crippen LogP) is 4.54. The average molecular weight is 601 g/mol. The topological polar surface area (TPSA) is 134 Å². The summed E-state index contributed by atoms with van der Waals surface area (Å²) >= 11 is 0. The molecule has 2 saturated heterocycles. The number of aryl methyl sites for hydroxylation is 1. The molecule has 3 aliphatic heterocycles. The van der Waals surface area contributed by atoms with Gasteiger partial charge in [-0.2, -0.15) is 0 Å². The molecular weight excluding hydrogens is 559 g/mol. The number of halogens is 1. The van der Waals surface area contributed by atoms with Crippen molar-refractivity contribution in [1.29, 1.82) is 0 Å². The Balaban J connectivity index is 0.00000173. The number of fused-ring (bicyclic) bond motifs is 5. The lowest BCUT2D eigenvalue weighted by Crippen LogP contribution is -2.61. The van der Waals surface area contributed by atoms with E-state index in [-0.39, 0.29) is 22.9 Å². The molecule has 1 atom stereocenters. The van der Waals surface area contributed by atoms with Crippen molar-refractivity contribution in [3.05, 3.63) is 47.5 Å². The van der Waals surface area contributed by atoms with E-state index < -0.39 is 11.0 Å². The van der Waals surface area contributed by atoms with Gasteiger partial charge in [0.05, 0.1) is 41.7 Å². The van der Waals surface area contributed by atoms with Gasteiger partial charge in [-0.3, -0.25) is 9.71 Å². The molecule has 3 aromatic heterocycles. The van der Waals surface area contributed by atoms with Crippen LogP contribution in [0.1, 0.15) is 70.1 Å². The fourth-order valence-corrected chi connectivity index (χ4v) is 6.45. The Morgan fingerprint density at radius 2 is 1.98 bits per heavy atom. The standard InChI is InChI=1S/C28H35FN6O4S.C2H6/c29-21-16-31-22-4-6-24(37-14-2-1-13-30)34-25(22)20(21)7-8-28-11-9-27(10-12-28,17-39-28)32-15-19-3-5-23-26(33-19)35-40(36)18-38-23;1-2/h3-6,16,32H,1-2,7-15,17-18,30H2,(H,33,35);1-2H3. The molecule has 4 N–H and O–H groups in total. The van der Waals surface area contributed by atoms with Gasteiger partial charge in [-0.25, -0.2) is 18.6 Å². The minimum Gasteiger partial charge on any atom is -0.478 e. The second kappa shape index (κ2) is 13.6. The van der Waals surface area contributed by atoms with Crippen LogP contribution < -0.4 is 25.2 Å². The van der Waals surface area contributed by atoms with Crippen LogP contribution in [-0.4, -0.2) is 56.0 Å². The van der Waals surface area contributed by atoms with Crippen LogP contribution in [0.5, 0.6) is 11.6 Å². The maximum atomic E-state index is 15.0. The largest absolute Gasteiger partial charge is 0.478 e. The fraction of sp³-hybridized carbons (Fsp3) is 0.567. The highest BCUT2D eigenvalue weighted by atomic mass is 32.2. The third-order valence-electron chi connectivity index (χ3n) is 8.28. The van der Waals surface area contributed by atoms with Gasteiger partial charge in [-0.05, 0) is 76.1 Å². The summed E-state index contributed by atoms with van der Waals surface area (Å²) in [5.41, 5.74) is 7.80. The SMILES string of the molecule is CC.NCCCCOc1ccc2ncc(F)c(CCC34CCC(NCc5ccc6c(n5)NS(=O)CO6)(CC3)CO4)c2n1. The summed E-state index contributed by atoms with van der Waals surface area (Å²) < 4.78 is 47.3. The molecule has 3 aromatic rings. The summed E-state index contributed by atoms with van der Waals surface area (Å²) in [5, 5.41) is 3.68. The third-order valence-corrected chi connectivity index (χ3v) is 9.04. The van der Waals surface area contributed by atoms with Crippen molar-refractivity contribution < 1.29 is 22.8 Å². The second-order valence-electron chi connectivity index (χ2n) is 10.9. The van der Waals surface area contributed by atoms with E-state index in [2.05, 4.69) is 25.0 Å². The normalized spacial score (nSPS) is 24.2. The number of nitrogens with zero attached hydrogens (tertiary/aromatic N) is 3. The number of hydrogen-bond acceptors (Lipinski definition) is 9. The molecule has 0 aromatic carbocycles. The third kappa shape index (κ3) is 6.82. The van der Waals surface area contributed by atoms with Crippen molar-refractivity contribution in [2.75, 3.05) is 30.4 Å². The first-order chi connectivity index (χ1) is 20.5. The van der Waals surface area contributed by atoms with Crippen molar-refractivity contribution in [2.24, 2.45) is 5.73 Å². The monoisotopic (exact) mass is 600 g/mol. The summed E-state index contributed by atoms with van der Waals surface area (Å²) in [6.07, 6.45) is 8.00. The molecule has 4 aliphatic rings. The Bertz CT molecular complexity index is 1390. The number of unbranched alkanes of at least 4 members (excludes halogenated alkanes) is 1. The molecule has 1 saturated carbocycles. The van der Waals surface area contributed by atoms with E-state index in [0.29, 0.717) is 66.8 Å². The van der Waals surface area contributed by atoms with Crippen molar-refractivity contribution in [3.63, 3.8) is 0 Å². The van der Waals surface area contributed by atoms with Crippen LogP contribution in [0.15, 0.2) is 30.5 Å². The van der Waals surface area contributed by atoms with Crippen LogP contribution in [0.3, 0.4) is 0 Å². The highest BCUT2D eigenvalue weighted by molar-refractivity contribution is 7.86. The van der Waals surface area contributed by atoms with Crippen molar-refractivity contribution in [1.82, 2.24) is 20.3 Å². The molecule has 12 heteroatoms. The van der Waals surface area contributed by atoms with Gasteiger partial charge in [0.15, 0.2) is 28.5 Å². The molecular formula is C30H41FN6O4S. The van der Waals surface area contributed by atoms with Gasteiger partial charge in [0, 0.05) is 23.7 Å². The summed E-state index contributed by atoms with van der Waals surface area (Å²) in [5.74, 6) is 1.38. The predicted molar refractivity (Wildman–Crippen MR) is 161 cm³/mol. The van der Waals surface area contributed by atoms with E-state index in [4.69, 9.17) is 19.9 Å².